The Bertz CT molecular complexity index is 284. The normalized spacial score (nSPS) is 21.7. The van der Waals surface area contributed by atoms with Gasteiger partial charge in [-0.15, -0.1) is 0 Å². The van der Waals surface area contributed by atoms with Crippen LogP contribution in [0.1, 0.15) is 11.6 Å². The van der Waals surface area contributed by atoms with E-state index in [2.05, 4.69) is 10.6 Å². The molecule has 0 saturated carbocycles. The molecule has 2 rings (SSSR count). The van der Waals surface area contributed by atoms with Gasteiger partial charge < -0.3 is 10.6 Å². The van der Waals surface area contributed by atoms with E-state index >= 15 is 0 Å². The van der Waals surface area contributed by atoms with Gasteiger partial charge in [0.25, 0.3) is 0 Å². The summed E-state index contributed by atoms with van der Waals surface area (Å²) < 4.78 is 0. The fourth-order valence-electron chi connectivity index (χ4n) is 1.34. The Balaban J connectivity index is 2.16. The highest BCUT2D eigenvalue weighted by atomic mass is 16.2. The van der Waals surface area contributed by atoms with Crippen molar-refractivity contribution in [1.82, 2.24) is 10.6 Å². The van der Waals surface area contributed by atoms with Gasteiger partial charge in [-0.05, 0) is 5.56 Å². The van der Waals surface area contributed by atoms with E-state index < -0.39 is 0 Å². The number of carbonyl (C=O) groups is 1. The van der Waals surface area contributed by atoms with Crippen molar-refractivity contribution in [2.75, 3.05) is 6.54 Å². The minimum Gasteiger partial charge on any atom is -0.336 e. The topological polar surface area (TPSA) is 41.1 Å². The number of rotatable bonds is 1. The highest BCUT2D eigenvalue weighted by Crippen LogP contribution is 2.13. The second-order valence-corrected chi connectivity index (χ2v) is 2.82. The molecule has 3 heteroatoms. The molecule has 1 heterocycles. The van der Waals surface area contributed by atoms with Gasteiger partial charge in [-0.1, -0.05) is 30.3 Å². The van der Waals surface area contributed by atoms with Gasteiger partial charge in [0.05, 0.1) is 6.04 Å². The molecule has 3 nitrogen and oxygen atoms in total. The lowest BCUT2D eigenvalue weighted by Crippen LogP contribution is -2.21. The second-order valence-electron chi connectivity index (χ2n) is 2.82. The average Bonchev–Trinajstić information content (AvgIpc) is 2.54. The van der Waals surface area contributed by atoms with E-state index in [-0.39, 0.29) is 12.1 Å². The first-order valence-electron chi connectivity index (χ1n) is 3.95. The van der Waals surface area contributed by atoms with Gasteiger partial charge in [0, 0.05) is 6.54 Å². The maximum Gasteiger partial charge on any atom is 0.315 e. The van der Waals surface area contributed by atoms with Gasteiger partial charge in [-0.2, -0.15) is 0 Å². The van der Waals surface area contributed by atoms with Gasteiger partial charge in [-0.3, -0.25) is 0 Å². The highest BCUT2D eigenvalue weighted by molar-refractivity contribution is 5.76. The quantitative estimate of drug-likeness (QED) is 0.636. The predicted octanol–water partition coefficient (Wildman–Crippen LogP) is 1.04. The Hall–Kier alpha value is -1.51. The van der Waals surface area contributed by atoms with Crippen LogP contribution in [0.5, 0.6) is 0 Å². The molecular weight excluding hydrogens is 152 g/mol. The molecule has 12 heavy (non-hydrogen) atoms. The SMILES string of the molecule is O=C1NC[C@@H](c2ccccc2)N1. The number of benzene rings is 1. The zero-order chi connectivity index (χ0) is 8.39. The number of carbonyl (C=O) groups excluding carboxylic acids is 1. The largest absolute Gasteiger partial charge is 0.336 e. The maximum absolute atomic E-state index is 10.8. The maximum atomic E-state index is 10.8. The fourth-order valence-corrected chi connectivity index (χ4v) is 1.34. The average molecular weight is 162 g/mol. The van der Waals surface area contributed by atoms with Crippen molar-refractivity contribution >= 4 is 6.03 Å². The lowest BCUT2D eigenvalue weighted by Gasteiger charge is -2.07. The molecule has 0 aliphatic carbocycles. The van der Waals surface area contributed by atoms with Crippen molar-refractivity contribution in [1.29, 1.82) is 0 Å². The van der Waals surface area contributed by atoms with Crippen LogP contribution in [-0.2, 0) is 0 Å². The van der Waals surface area contributed by atoms with Crippen LogP contribution in [0.2, 0.25) is 0 Å². The molecule has 0 aromatic heterocycles. The number of hydrogen-bond donors (Lipinski definition) is 2. The van der Waals surface area contributed by atoms with Crippen molar-refractivity contribution in [3.8, 4) is 0 Å². The summed E-state index contributed by atoms with van der Waals surface area (Å²) in [5, 5.41) is 5.54. The third-order valence-electron chi connectivity index (χ3n) is 1.97. The molecule has 1 aromatic rings. The predicted molar refractivity (Wildman–Crippen MR) is 45.7 cm³/mol. The molecular formula is C9H10N2O. The van der Waals surface area contributed by atoms with Crippen molar-refractivity contribution in [3.05, 3.63) is 35.9 Å². The monoisotopic (exact) mass is 162 g/mol. The molecule has 0 spiro atoms. The second kappa shape index (κ2) is 2.85. The van der Waals surface area contributed by atoms with E-state index in [0.29, 0.717) is 6.54 Å². The van der Waals surface area contributed by atoms with Gasteiger partial charge in [0.2, 0.25) is 0 Å². The summed E-state index contributed by atoms with van der Waals surface area (Å²) in [4.78, 5) is 10.8. The zero-order valence-electron chi connectivity index (χ0n) is 6.58. The number of hydrogen-bond acceptors (Lipinski definition) is 1. The van der Waals surface area contributed by atoms with Crippen LogP contribution in [0.15, 0.2) is 30.3 Å². The van der Waals surface area contributed by atoms with Crippen LogP contribution in [0, 0.1) is 0 Å². The van der Waals surface area contributed by atoms with Gasteiger partial charge in [0.15, 0.2) is 0 Å². The van der Waals surface area contributed by atoms with Gasteiger partial charge in [-0.25, -0.2) is 4.79 Å². The third kappa shape index (κ3) is 1.25. The van der Waals surface area contributed by atoms with Crippen LogP contribution in [-0.4, -0.2) is 12.6 Å². The van der Waals surface area contributed by atoms with E-state index in [1.54, 1.807) is 0 Å². The Kier molecular flexibility index (Phi) is 1.70. The molecule has 1 atom stereocenters. The molecule has 62 valence electrons. The molecule has 1 fully saturated rings. The van der Waals surface area contributed by atoms with E-state index in [1.165, 1.54) is 0 Å². The van der Waals surface area contributed by atoms with Crippen molar-refractivity contribution < 1.29 is 4.79 Å². The Morgan fingerprint density at radius 2 is 2.00 bits per heavy atom. The van der Waals surface area contributed by atoms with Crippen molar-refractivity contribution in [2.45, 2.75) is 6.04 Å². The molecule has 1 aliphatic heterocycles. The van der Waals surface area contributed by atoms with Gasteiger partial charge in [0.1, 0.15) is 0 Å². The van der Waals surface area contributed by atoms with Gasteiger partial charge >= 0.3 is 6.03 Å². The lowest BCUT2D eigenvalue weighted by molar-refractivity contribution is 0.247. The summed E-state index contributed by atoms with van der Waals surface area (Å²) in [6.07, 6.45) is 0. The summed E-state index contributed by atoms with van der Waals surface area (Å²) in [6.45, 7) is 0.683. The minimum absolute atomic E-state index is 0.0798. The molecule has 0 radical (unpaired) electrons. The Labute approximate surface area is 70.8 Å². The summed E-state index contributed by atoms with van der Waals surface area (Å²) in [5.41, 5.74) is 1.15. The Morgan fingerprint density at radius 3 is 2.58 bits per heavy atom. The summed E-state index contributed by atoms with van der Waals surface area (Å²) in [5.74, 6) is 0. The van der Waals surface area contributed by atoms with Crippen LogP contribution in [0.25, 0.3) is 0 Å². The molecule has 2 N–H and O–H groups in total. The first-order valence-corrected chi connectivity index (χ1v) is 3.95. The van der Waals surface area contributed by atoms with E-state index in [1.807, 2.05) is 30.3 Å². The summed E-state index contributed by atoms with van der Waals surface area (Å²) in [6, 6.07) is 9.99. The van der Waals surface area contributed by atoms with Crippen LogP contribution < -0.4 is 10.6 Å². The Morgan fingerprint density at radius 1 is 1.25 bits per heavy atom. The number of nitrogens with one attached hydrogen (secondary N) is 2. The first kappa shape index (κ1) is 7.16. The highest BCUT2D eigenvalue weighted by Gasteiger charge is 2.20. The standard InChI is InChI=1S/C9H10N2O/c12-9-10-6-8(11-9)7-4-2-1-3-5-7/h1-5,8H,6H2,(H2,10,11,12)/t8-/m0/s1. The molecule has 1 aliphatic rings. The van der Waals surface area contributed by atoms with Crippen molar-refractivity contribution in [3.63, 3.8) is 0 Å². The smallest absolute Gasteiger partial charge is 0.315 e. The number of amides is 2. The van der Waals surface area contributed by atoms with E-state index in [0.717, 1.165) is 5.56 Å². The molecule has 2 amide bonds. The molecule has 1 saturated heterocycles. The van der Waals surface area contributed by atoms with Crippen molar-refractivity contribution in [2.24, 2.45) is 0 Å². The molecule has 0 bridgehead atoms. The molecule has 1 aromatic carbocycles. The van der Waals surface area contributed by atoms with E-state index in [4.69, 9.17) is 0 Å². The zero-order valence-corrected chi connectivity index (χ0v) is 6.58. The van der Waals surface area contributed by atoms with E-state index in [9.17, 15) is 4.79 Å². The fraction of sp³-hybridized carbons (Fsp3) is 0.222. The number of urea groups is 1. The van der Waals surface area contributed by atoms with Crippen LogP contribution in [0.4, 0.5) is 4.79 Å². The first-order chi connectivity index (χ1) is 5.86. The summed E-state index contributed by atoms with van der Waals surface area (Å²) in [7, 11) is 0. The minimum atomic E-state index is -0.0798. The summed E-state index contributed by atoms with van der Waals surface area (Å²) >= 11 is 0. The van der Waals surface area contributed by atoms with Crippen LogP contribution in [0.3, 0.4) is 0 Å². The van der Waals surface area contributed by atoms with Crippen LogP contribution >= 0.6 is 0 Å². The third-order valence-corrected chi connectivity index (χ3v) is 1.97. The molecule has 0 unspecified atom stereocenters. The lowest BCUT2D eigenvalue weighted by atomic mass is 10.1.